The van der Waals surface area contributed by atoms with Crippen molar-refractivity contribution in [3.05, 3.63) is 68.7 Å². The lowest BCUT2D eigenvalue weighted by atomic mass is 10.1. The molecule has 1 N–H and O–H groups in total. The summed E-state index contributed by atoms with van der Waals surface area (Å²) in [6.07, 6.45) is -0.821. The van der Waals surface area contributed by atoms with Crippen molar-refractivity contribution in [3.63, 3.8) is 0 Å². The first kappa shape index (κ1) is 22.8. The summed E-state index contributed by atoms with van der Waals surface area (Å²) in [7, 11) is 0. The van der Waals surface area contributed by atoms with E-state index in [4.69, 9.17) is 5.11 Å². The molecule has 1 aromatic heterocycles. The molecular weight excluding hydrogens is 477 g/mol. The number of benzene rings is 2. The van der Waals surface area contributed by atoms with Crippen molar-refractivity contribution < 1.29 is 18.3 Å². The highest BCUT2D eigenvalue weighted by atomic mass is 79.9. The lowest BCUT2D eigenvalue weighted by Crippen LogP contribution is -2.16. The van der Waals surface area contributed by atoms with E-state index in [2.05, 4.69) is 25.5 Å². The Balaban J connectivity index is 1.97. The molecule has 1 heterocycles. The van der Waals surface area contributed by atoms with E-state index in [1.165, 1.54) is 17.4 Å². The number of alkyl halides is 3. The third-order valence-electron chi connectivity index (χ3n) is 4.63. The van der Waals surface area contributed by atoms with Crippen LogP contribution in [-0.4, -0.2) is 16.3 Å². The second-order valence-electron chi connectivity index (χ2n) is 6.86. The Hall–Kier alpha value is -1.90. The maximum Gasteiger partial charge on any atom is 0.416 e. The topological polar surface area (TPSA) is 37.5 Å². The van der Waals surface area contributed by atoms with Crippen molar-refractivity contribution in [2.24, 2.45) is 4.99 Å². The molecule has 0 aliphatic rings. The largest absolute Gasteiger partial charge is 0.416 e. The number of hydrogen-bond acceptors (Lipinski definition) is 3. The van der Waals surface area contributed by atoms with Crippen LogP contribution in [0, 0.1) is 0 Å². The Kier molecular flexibility index (Phi) is 7.91. The highest BCUT2D eigenvalue weighted by Gasteiger charge is 2.30. The van der Waals surface area contributed by atoms with Crippen molar-refractivity contribution in [1.82, 2.24) is 4.57 Å². The number of unbranched alkanes of at least 4 members (excludes halogenated alkanes) is 3. The fourth-order valence-electron chi connectivity index (χ4n) is 3.08. The van der Waals surface area contributed by atoms with Crippen LogP contribution in [0.2, 0.25) is 0 Å². The van der Waals surface area contributed by atoms with Crippen LogP contribution in [0.4, 0.5) is 18.9 Å². The van der Waals surface area contributed by atoms with E-state index in [0.717, 1.165) is 53.5 Å². The van der Waals surface area contributed by atoms with Crippen LogP contribution in [-0.2, 0) is 12.7 Å². The maximum atomic E-state index is 13.0. The lowest BCUT2D eigenvalue weighted by molar-refractivity contribution is -0.137. The molecular formula is C22H22BrF3N2OS. The fourth-order valence-corrected chi connectivity index (χ4v) is 4.30. The summed E-state index contributed by atoms with van der Waals surface area (Å²) >= 11 is 4.85. The van der Waals surface area contributed by atoms with Crippen LogP contribution >= 0.6 is 27.3 Å². The van der Waals surface area contributed by atoms with Crippen LogP contribution in [0.5, 0.6) is 0 Å². The van der Waals surface area contributed by atoms with Crippen molar-refractivity contribution in [2.75, 3.05) is 6.61 Å². The standard InChI is InChI=1S/C22H22BrF3N2OS/c23-18-10-8-16(9-11-18)20-15-30-21(28(20)12-3-1-2-4-13-29)27-19-7-5-6-17(14-19)22(24,25)26/h5-11,14-15,29H,1-4,12-13H2. The summed E-state index contributed by atoms with van der Waals surface area (Å²) in [5.74, 6) is 0. The molecule has 0 atom stereocenters. The van der Waals surface area contributed by atoms with Gasteiger partial charge in [-0.15, -0.1) is 11.3 Å². The highest BCUT2D eigenvalue weighted by Crippen LogP contribution is 2.31. The predicted molar refractivity (Wildman–Crippen MR) is 118 cm³/mol. The molecule has 3 aromatic rings. The summed E-state index contributed by atoms with van der Waals surface area (Å²) in [5.41, 5.74) is 1.59. The number of thiazole rings is 1. The van der Waals surface area contributed by atoms with Gasteiger partial charge in [0.05, 0.1) is 16.9 Å². The Bertz CT molecular complexity index is 1030. The molecule has 3 nitrogen and oxygen atoms in total. The van der Waals surface area contributed by atoms with Crippen molar-refractivity contribution in [1.29, 1.82) is 0 Å². The molecule has 8 heteroatoms. The minimum atomic E-state index is -4.40. The number of rotatable bonds is 8. The number of aromatic nitrogens is 1. The Morgan fingerprint density at radius 2 is 1.73 bits per heavy atom. The molecule has 0 bridgehead atoms. The van der Waals surface area contributed by atoms with Gasteiger partial charge in [-0.25, -0.2) is 4.99 Å². The van der Waals surface area contributed by atoms with Gasteiger partial charge in [-0.2, -0.15) is 13.2 Å². The second-order valence-corrected chi connectivity index (χ2v) is 8.61. The first-order valence-corrected chi connectivity index (χ1v) is 11.3. The van der Waals surface area contributed by atoms with Gasteiger partial charge >= 0.3 is 6.18 Å². The lowest BCUT2D eigenvalue weighted by Gasteiger charge is -2.10. The minimum absolute atomic E-state index is 0.186. The monoisotopic (exact) mass is 498 g/mol. The van der Waals surface area contributed by atoms with E-state index in [1.54, 1.807) is 6.07 Å². The summed E-state index contributed by atoms with van der Waals surface area (Å²) in [4.78, 5) is 5.19. The van der Waals surface area contributed by atoms with Gasteiger partial charge in [0.25, 0.3) is 0 Å². The molecule has 0 fully saturated rings. The van der Waals surface area contributed by atoms with Gasteiger partial charge in [-0.05, 0) is 48.7 Å². The molecule has 0 radical (unpaired) electrons. The fraction of sp³-hybridized carbons (Fsp3) is 0.318. The molecule has 0 saturated carbocycles. The number of aliphatic hydroxyl groups excluding tert-OH is 1. The smallest absolute Gasteiger partial charge is 0.396 e. The van der Waals surface area contributed by atoms with Gasteiger partial charge in [-0.1, -0.05) is 47.0 Å². The number of hydrogen-bond donors (Lipinski definition) is 1. The SMILES string of the molecule is OCCCCCCn1c(-c2ccc(Br)cc2)csc1=Nc1cccc(C(F)(F)F)c1. The summed E-state index contributed by atoms with van der Waals surface area (Å²) < 4.78 is 42.2. The van der Waals surface area contributed by atoms with Crippen LogP contribution in [0.3, 0.4) is 0 Å². The second kappa shape index (κ2) is 10.4. The Morgan fingerprint density at radius 3 is 2.43 bits per heavy atom. The average molecular weight is 499 g/mol. The normalized spacial score (nSPS) is 12.5. The molecule has 30 heavy (non-hydrogen) atoms. The third-order valence-corrected chi connectivity index (χ3v) is 6.02. The number of halogens is 4. The third kappa shape index (κ3) is 6.06. The summed E-state index contributed by atoms with van der Waals surface area (Å²) in [5, 5.41) is 10.9. The zero-order valence-electron chi connectivity index (χ0n) is 16.2. The Labute approximate surface area is 185 Å². The van der Waals surface area contributed by atoms with Gasteiger partial charge in [-0.3, -0.25) is 0 Å². The maximum absolute atomic E-state index is 13.0. The van der Waals surface area contributed by atoms with Crippen LogP contribution in [0.25, 0.3) is 11.3 Å². The molecule has 160 valence electrons. The van der Waals surface area contributed by atoms with E-state index in [1.807, 2.05) is 29.6 Å². The van der Waals surface area contributed by atoms with E-state index >= 15 is 0 Å². The van der Waals surface area contributed by atoms with E-state index < -0.39 is 11.7 Å². The van der Waals surface area contributed by atoms with Gasteiger partial charge in [0, 0.05) is 23.0 Å². The summed E-state index contributed by atoms with van der Waals surface area (Å²) in [6.45, 7) is 0.893. The molecule has 0 aliphatic carbocycles. The van der Waals surface area contributed by atoms with Gasteiger partial charge in [0.2, 0.25) is 0 Å². The van der Waals surface area contributed by atoms with Crippen LogP contribution < -0.4 is 4.80 Å². The van der Waals surface area contributed by atoms with Crippen LogP contribution in [0.15, 0.2) is 63.4 Å². The average Bonchev–Trinajstić information content (AvgIpc) is 3.10. The molecule has 0 unspecified atom stereocenters. The zero-order valence-corrected chi connectivity index (χ0v) is 18.6. The summed E-state index contributed by atoms with van der Waals surface area (Å²) in [6, 6.07) is 13.0. The first-order chi connectivity index (χ1) is 14.4. The number of aliphatic hydroxyl groups is 1. The first-order valence-electron chi connectivity index (χ1n) is 9.65. The van der Waals surface area contributed by atoms with Crippen molar-refractivity contribution in [2.45, 2.75) is 38.4 Å². The highest BCUT2D eigenvalue weighted by molar-refractivity contribution is 9.10. The van der Waals surface area contributed by atoms with E-state index in [-0.39, 0.29) is 12.3 Å². The number of nitrogens with zero attached hydrogens (tertiary/aromatic N) is 2. The van der Waals surface area contributed by atoms with Gasteiger partial charge in [0.1, 0.15) is 0 Å². The van der Waals surface area contributed by atoms with Crippen molar-refractivity contribution >= 4 is 33.0 Å². The zero-order chi connectivity index (χ0) is 21.6. The molecule has 0 spiro atoms. The van der Waals surface area contributed by atoms with Crippen molar-refractivity contribution in [3.8, 4) is 11.3 Å². The van der Waals surface area contributed by atoms with Crippen LogP contribution in [0.1, 0.15) is 31.2 Å². The van der Waals surface area contributed by atoms with Gasteiger partial charge < -0.3 is 9.67 Å². The molecule has 2 aromatic carbocycles. The molecule has 0 amide bonds. The minimum Gasteiger partial charge on any atom is -0.396 e. The molecule has 0 saturated heterocycles. The predicted octanol–water partition coefficient (Wildman–Crippen LogP) is 6.78. The van der Waals surface area contributed by atoms with E-state index in [9.17, 15) is 13.2 Å². The van der Waals surface area contributed by atoms with Gasteiger partial charge in [0.15, 0.2) is 4.80 Å². The van der Waals surface area contributed by atoms with E-state index in [0.29, 0.717) is 11.3 Å². The molecule has 0 aliphatic heterocycles. The molecule has 3 rings (SSSR count). The quantitative estimate of drug-likeness (QED) is 0.341. The Morgan fingerprint density at radius 1 is 1.00 bits per heavy atom.